The summed E-state index contributed by atoms with van der Waals surface area (Å²) in [5.41, 5.74) is 0. The number of benzene rings is 1. The van der Waals surface area contributed by atoms with Crippen molar-refractivity contribution in [2.24, 2.45) is 0 Å². The summed E-state index contributed by atoms with van der Waals surface area (Å²) >= 11 is 5.78. The molecule has 16 heavy (non-hydrogen) atoms. The van der Waals surface area contributed by atoms with Crippen molar-refractivity contribution in [1.29, 1.82) is 4.78 Å². The molecule has 1 atom stereocenters. The summed E-state index contributed by atoms with van der Waals surface area (Å²) in [5, 5.41) is 0.609. The number of hydrogen-bond donors (Lipinski definition) is 1. The molecule has 0 radical (unpaired) electrons. The summed E-state index contributed by atoms with van der Waals surface area (Å²) < 4.78 is 22.2. The van der Waals surface area contributed by atoms with Gasteiger partial charge in [-0.2, -0.15) is 0 Å². The third-order valence-electron chi connectivity index (χ3n) is 2.81. The van der Waals surface area contributed by atoms with E-state index in [0.29, 0.717) is 9.92 Å². The molecule has 1 saturated heterocycles. The topological polar surface area (TPSA) is 44.2 Å². The molecule has 0 spiro atoms. The van der Waals surface area contributed by atoms with E-state index in [1.54, 1.807) is 28.6 Å². The molecule has 0 aliphatic carbocycles. The number of nitrogens with zero attached hydrogens (tertiary/aromatic N) is 1. The average molecular weight is 259 g/mol. The van der Waals surface area contributed by atoms with Gasteiger partial charge in [-0.05, 0) is 37.1 Å². The quantitative estimate of drug-likeness (QED) is 0.870. The van der Waals surface area contributed by atoms with Crippen LogP contribution in [0.3, 0.4) is 0 Å². The van der Waals surface area contributed by atoms with Crippen LogP contribution in [0.15, 0.2) is 29.2 Å². The highest BCUT2D eigenvalue weighted by Gasteiger charge is 2.22. The summed E-state index contributed by atoms with van der Waals surface area (Å²) in [6, 6.07) is 6.75. The van der Waals surface area contributed by atoms with Gasteiger partial charge in [-0.15, -0.1) is 0 Å². The van der Waals surface area contributed by atoms with E-state index >= 15 is 0 Å². The number of halogens is 1. The Hall–Kier alpha value is -0.580. The second-order valence-corrected chi connectivity index (χ2v) is 6.45. The second kappa shape index (κ2) is 4.73. The molecule has 2 rings (SSSR count). The lowest BCUT2D eigenvalue weighted by Gasteiger charge is -2.28. The van der Waals surface area contributed by atoms with Gasteiger partial charge >= 0.3 is 0 Å². The zero-order chi connectivity index (χ0) is 11.6. The molecular formula is C11H15ClN2OS. The second-order valence-electron chi connectivity index (χ2n) is 3.97. The fraction of sp³-hybridized carbons (Fsp3) is 0.455. The Kier molecular flexibility index (Phi) is 3.52. The largest absolute Gasteiger partial charge is 0.236 e. The van der Waals surface area contributed by atoms with Gasteiger partial charge in [0.15, 0.2) is 0 Å². The van der Waals surface area contributed by atoms with Crippen LogP contribution in [0.4, 0.5) is 0 Å². The van der Waals surface area contributed by atoms with Crippen LogP contribution in [-0.2, 0) is 9.92 Å². The molecule has 0 saturated carbocycles. The minimum absolute atomic E-state index is 0.554. The first-order chi connectivity index (χ1) is 7.60. The first-order valence-electron chi connectivity index (χ1n) is 5.40. The molecule has 1 fully saturated rings. The normalized spacial score (nSPS) is 21.6. The lowest BCUT2D eigenvalue weighted by molar-refractivity contribution is 0.360. The highest BCUT2D eigenvalue weighted by atomic mass is 35.5. The molecular weight excluding hydrogens is 244 g/mol. The molecule has 1 aliphatic rings. The minimum atomic E-state index is -2.80. The molecule has 1 heterocycles. The van der Waals surface area contributed by atoms with E-state index < -0.39 is 9.92 Å². The molecule has 0 amide bonds. The third kappa shape index (κ3) is 2.39. The molecule has 0 unspecified atom stereocenters. The Morgan fingerprint density at radius 2 is 1.69 bits per heavy atom. The van der Waals surface area contributed by atoms with Gasteiger partial charge in [-0.1, -0.05) is 18.0 Å². The van der Waals surface area contributed by atoms with Crippen molar-refractivity contribution in [3.63, 3.8) is 0 Å². The van der Waals surface area contributed by atoms with Gasteiger partial charge in [0, 0.05) is 18.1 Å². The third-order valence-corrected chi connectivity index (χ3v) is 5.07. The lowest BCUT2D eigenvalue weighted by atomic mass is 10.2. The maximum atomic E-state index is 12.4. The molecule has 0 bridgehead atoms. The van der Waals surface area contributed by atoms with Crippen LogP contribution in [-0.4, -0.2) is 21.6 Å². The van der Waals surface area contributed by atoms with Crippen molar-refractivity contribution in [2.45, 2.75) is 24.2 Å². The molecule has 1 N–H and O–H groups in total. The molecule has 88 valence electrons. The first kappa shape index (κ1) is 11.9. The first-order valence-corrected chi connectivity index (χ1v) is 7.29. The van der Waals surface area contributed by atoms with Crippen molar-refractivity contribution in [3.05, 3.63) is 29.3 Å². The van der Waals surface area contributed by atoms with Crippen LogP contribution in [0.25, 0.3) is 0 Å². The summed E-state index contributed by atoms with van der Waals surface area (Å²) in [5.74, 6) is 0. The van der Waals surface area contributed by atoms with Gasteiger partial charge < -0.3 is 0 Å². The lowest BCUT2D eigenvalue weighted by Crippen LogP contribution is -2.34. The molecule has 0 aromatic heterocycles. The van der Waals surface area contributed by atoms with Gasteiger partial charge in [0.05, 0.1) is 4.90 Å². The van der Waals surface area contributed by atoms with Crippen LogP contribution in [0.2, 0.25) is 5.02 Å². The van der Waals surface area contributed by atoms with Crippen molar-refractivity contribution >= 4 is 21.5 Å². The Labute approximate surface area is 102 Å². The Morgan fingerprint density at radius 1 is 1.12 bits per heavy atom. The average Bonchev–Trinajstić information content (AvgIpc) is 2.31. The number of hydrogen-bond acceptors (Lipinski definition) is 2. The van der Waals surface area contributed by atoms with Crippen LogP contribution in [0.1, 0.15) is 19.3 Å². The van der Waals surface area contributed by atoms with Crippen LogP contribution >= 0.6 is 11.6 Å². The van der Waals surface area contributed by atoms with E-state index in [1.807, 2.05) is 0 Å². The summed E-state index contributed by atoms with van der Waals surface area (Å²) in [4.78, 5) is 0.554. The molecule has 1 aliphatic heterocycles. The number of rotatable bonds is 2. The highest BCUT2D eigenvalue weighted by Crippen LogP contribution is 2.22. The standard InChI is InChI=1S/C11H15ClN2OS/c12-10-4-6-11(7-5-10)16(13,15)14-8-2-1-3-9-14/h4-7,13H,1-3,8-9H2/t16-/m0/s1. The summed E-state index contributed by atoms with van der Waals surface area (Å²) in [6.45, 7) is 1.51. The molecule has 1 aromatic carbocycles. The summed E-state index contributed by atoms with van der Waals surface area (Å²) in [7, 11) is -2.80. The van der Waals surface area contributed by atoms with Gasteiger partial charge in [0.2, 0.25) is 0 Å². The van der Waals surface area contributed by atoms with E-state index in [4.69, 9.17) is 16.4 Å². The maximum Gasteiger partial charge on any atom is 0.137 e. The van der Waals surface area contributed by atoms with E-state index in [9.17, 15) is 4.21 Å². The van der Waals surface area contributed by atoms with E-state index in [1.165, 1.54) is 6.42 Å². The zero-order valence-electron chi connectivity index (χ0n) is 8.99. The Morgan fingerprint density at radius 3 is 2.25 bits per heavy atom. The molecule has 1 aromatic rings. The maximum absolute atomic E-state index is 12.4. The van der Waals surface area contributed by atoms with Crippen molar-refractivity contribution in [1.82, 2.24) is 4.31 Å². The predicted octanol–water partition coefficient (Wildman–Crippen LogP) is 3.15. The smallest absolute Gasteiger partial charge is 0.137 e. The van der Waals surface area contributed by atoms with E-state index in [0.717, 1.165) is 25.9 Å². The fourth-order valence-corrected chi connectivity index (χ4v) is 3.59. The van der Waals surface area contributed by atoms with Gasteiger partial charge in [-0.25, -0.2) is 13.3 Å². The molecule has 5 heteroatoms. The number of piperidine rings is 1. The monoisotopic (exact) mass is 258 g/mol. The Bertz CT molecular complexity index is 449. The summed E-state index contributed by atoms with van der Waals surface area (Å²) in [6.07, 6.45) is 3.24. The van der Waals surface area contributed by atoms with E-state index in [-0.39, 0.29) is 0 Å². The zero-order valence-corrected chi connectivity index (χ0v) is 10.6. The van der Waals surface area contributed by atoms with Crippen molar-refractivity contribution in [2.75, 3.05) is 13.1 Å². The SMILES string of the molecule is N=[S@@](=O)(c1ccc(Cl)cc1)N1CCCCC1. The number of nitrogens with one attached hydrogen (secondary N) is 1. The van der Waals surface area contributed by atoms with E-state index in [2.05, 4.69) is 0 Å². The van der Waals surface area contributed by atoms with Crippen molar-refractivity contribution < 1.29 is 4.21 Å². The Balaban J connectivity index is 2.27. The van der Waals surface area contributed by atoms with Crippen LogP contribution < -0.4 is 0 Å². The van der Waals surface area contributed by atoms with Crippen LogP contribution in [0.5, 0.6) is 0 Å². The minimum Gasteiger partial charge on any atom is -0.236 e. The van der Waals surface area contributed by atoms with Gasteiger partial charge in [0.25, 0.3) is 0 Å². The highest BCUT2D eigenvalue weighted by molar-refractivity contribution is 7.90. The molecule has 3 nitrogen and oxygen atoms in total. The van der Waals surface area contributed by atoms with Crippen LogP contribution in [0, 0.1) is 4.78 Å². The van der Waals surface area contributed by atoms with Crippen molar-refractivity contribution in [3.8, 4) is 0 Å². The fourth-order valence-electron chi connectivity index (χ4n) is 1.89. The van der Waals surface area contributed by atoms with Gasteiger partial charge in [-0.3, -0.25) is 0 Å². The predicted molar refractivity (Wildman–Crippen MR) is 66.0 cm³/mol. The van der Waals surface area contributed by atoms with Gasteiger partial charge in [0.1, 0.15) is 9.92 Å².